The number of ether oxygens (including phenoxy) is 1. The molecule has 1 atom stereocenters. The van der Waals surface area contributed by atoms with Crippen LogP contribution < -0.4 is 5.32 Å². The van der Waals surface area contributed by atoms with Gasteiger partial charge < -0.3 is 14.6 Å². The maximum atomic E-state index is 5.34. The van der Waals surface area contributed by atoms with E-state index in [9.17, 15) is 0 Å². The number of hydrogen-bond donors (Lipinski definition) is 1. The second kappa shape index (κ2) is 7.47. The van der Waals surface area contributed by atoms with Crippen LogP contribution in [0, 0.1) is 0 Å². The molecule has 0 saturated carbocycles. The Morgan fingerprint density at radius 3 is 2.94 bits per heavy atom. The summed E-state index contributed by atoms with van der Waals surface area (Å²) in [5.74, 6) is 0. The molecule has 1 aromatic rings. The molecule has 0 fully saturated rings. The zero-order valence-corrected chi connectivity index (χ0v) is 10.7. The third-order valence-corrected chi connectivity index (χ3v) is 2.67. The van der Waals surface area contributed by atoms with E-state index < -0.39 is 0 Å². The summed E-state index contributed by atoms with van der Waals surface area (Å²) in [6.45, 7) is 10.0. The first-order valence-electron chi connectivity index (χ1n) is 6.24. The van der Waals surface area contributed by atoms with Crippen molar-refractivity contribution in [3.05, 3.63) is 24.0 Å². The van der Waals surface area contributed by atoms with E-state index in [4.69, 9.17) is 4.74 Å². The highest BCUT2D eigenvalue weighted by atomic mass is 16.5. The maximum Gasteiger partial charge on any atom is 0.0645 e. The number of nitrogens with one attached hydrogen (secondary N) is 1. The zero-order valence-electron chi connectivity index (χ0n) is 10.7. The maximum absolute atomic E-state index is 5.34. The first-order valence-corrected chi connectivity index (χ1v) is 6.24. The lowest BCUT2D eigenvalue weighted by atomic mass is 10.2. The lowest BCUT2D eigenvalue weighted by Gasteiger charge is -2.11. The fourth-order valence-electron chi connectivity index (χ4n) is 1.65. The van der Waals surface area contributed by atoms with Crippen molar-refractivity contribution in [2.45, 2.75) is 39.8 Å². The smallest absolute Gasteiger partial charge is 0.0645 e. The molecule has 1 unspecified atom stereocenters. The summed E-state index contributed by atoms with van der Waals surface area (Å²) in [6.07, 6.45) is 5.50. The van der Waals surface area contributed by atoms with Gasteiger partial charge in [0.15, 0.2) is 0 Å². The van der Waals surface area contributed by atoms with Gasteiger partial charge in [0.1, 0.15) is 0 Å². The van der Waals surface area contributed by atoms with Crippen molar-refractivity contribution in [2.24, 2.45) is 0 Å². The summed E-state index contributed by atoms with van der Waals surface area (Å²) in [6, 6.07) is 2.62. The van der Waals surface area contributed by atoms with E-state index in [-0.39, 0.29) is 0 Å². The second-order valence-corrected chi connectivity index (χ2v) is 4.06. The van der Waals surface area contributed by atoms with Crippen LogP contribution in [0.3, 0.4) is 0 Å². The average molecular weight is 224 g/mol. The molecule has 0 aliphatic rings. The lowest BCUT2D eigenvalue weighted by Crippen LogP contribution is -2.18. The van der Waals surface area contributed by atoms with Crippen molar-refractivity contribution in [3.63, 3.8) is 0 Å². The van der Waals surface area contributed by atoms with E-state index in [1.807, 2.05) is 6.92 Å². The van der Waals surface area contributed by atoms with E-state index in [1.54, 1.807) is 0 Å². The molecule has 1 rings (SSSR count). The summed E-state index contributed by atoms with van der Waals surface area (Å²) in [4.78, 5) is 0. The summed E-state index contributed by atoms with van der Waals surface area (Å²) in [5, 5.41) is 3.48. The van der Waals surface area contributed by atoms with Crippen LogP contribution in [0.15, 0.2) is 18.5 Å². The van der Waals surface area contributed by atoms with Crippen molar-refractivity contribution >= 4 is 0 Å². The third-order valence-electron chi connectivity index (χ3n) is 2.67. The predicted octanol–water partition coefficient (Wildman–Crippen LogP) is 2.59. The number of hydrogen-bond acceptors (Lipinski definition) is 2. The van der Waals surface area contributed by atoms with Crippen molar-refractivity contribution < 1.29 is 4.74 Å². The Bertz CT molecular complexity index is 283. The van der Waals surface area contributed by atoms with Crippen LogP contribution in [0.4, 0.5) is 0 Å². The Morgan fingerprint density at radius 1 is 1.44 bits per heavy atom. The van der Waals surface area contributed by atoms with Crippen LogP contribution in [-0.4, -0.2) is 24.3 Å². The SMILES string of the molecule is CCCNC(C)c1ccn(CCOCC)c1. The molecular formula is C13H24N2O. The Kier molecular flexibility index (Phi) is 6.19. The van der Waals surface area contributed by atoms with Gasteiger partial charge in [-0.2, -0.15) is 0 Å². The van der Waals surface area contributed by atoms with Gasteiger partial charge in [-0.25, -0.2) is 0 Å². The van der Waals surface area contributed by atoms with Crippen LogP contribution in [-0.2, 0) is 11.3 Å². The Hall–Kier alpha value is -0.800. The minimum absolute atomic E-state index is 0.438. The fourth-order valence-corrected chi connectivity index (χ4v) is 1.65. The van der Waals surface area contributed by atoms with Crippen molar-refractivity contribution in [2.75, 3.05) is 19.8 Å². The molecule has 0 saturated heterocycles. The second-order valence-electron chi connectivity index (χ2n) is 4.06. The van der Waals surface area contributed by atoms with E-state index in [2.05, 4.69) is 42.2 Å². The summed E-state index contributed by atoms with van der Waals surface area (Å²) < 4.78 is 7.53. The fraction of sp³-hybridized carbons (Fsp3) is 0.692. The van der Waals surface area contributed by atoms with Gasteiger partial charge >= 0.3 is 0 Å². The zero-order chi connectivity index (χ0) is 11.8. The summed E-state index contributed by atoms with van der Waals surface area (Å²) in [7, 11) is 0. The molecule has 0 bridgehead atoms. The Morgan fingerprint density at radius 2 is 2.25 bits per heavy atom. The molecule has 92 valence electrons. The molecule has 0 aliphatic heterocycles. The van der Waals surface area contributed by atoms with E-state index in [1.165, 1.54) is 12.0 Å². The molecule has 0 aliphatic carbocycles. The summed E-state index contributed by atoms with van der Waals surface area (Å²) >= 11 is 0. The van der Waals surface area contributed by atoms with Crippen molar-refractivity contribution in [3.8, 4) is 0 Å². The van der Waals surface area contributed by atoms with Crippen LogP contribution in [0.2, 0.25) is 0 Å². The molecule has 1 N–H and O–H groups in total. The van der Waals surface area contributed by atoms with Crippen LogP contribution in [0.25, 0.3) is 0 Å². The normalized spacial score (nSPS) is 12.9. The molecule has 3 heteroatoms. The Labute approximate surface area is 98.8 Å². The standard InChI is InChI=1S/C13H24N2O/c1-4-7-14-12(3)13-6-8-15(11-13)9-10-16-5-2/h6,8,11-12,14H,4-5,7,9-10H2,1-3H3. The van der Waals surface area contributed by atoms with Gasteiger partial charge in [0.25, 0.3) is 0 Å². The molecule has 0 spiro atoms. The topological polar surface area (TPSA) is 26.2 Å². The Balaban J connectivity index is 2.37. The van der Waals surface area contributed by atoms with Crippen molar-refractivity contribution in [1.82, 2.24) is 9.88 Å². The van der Waals surface area contributed by atoms with Crippen LogP contribution in [0.5, 0.6) is 0 Å². The van der Waals surface area contributed by atoms with Crippen LogP contribution in [0.1, 0.15) is 38.8 Å². The first kappa shape index (κ1) is 13.3. The molecule has 0 radical (unpaired) electrons. The lowest BCUT2D eigenvalue weighted by molar-refractivity contribution is 0.139. The highest BCUT2D eigenvalue weighted by Crippen LogP contribution is 2.12. The molecule has 16 heavy (non-hydrogen) atoms. The molecule has 0 amide bonds. The monoisotopic (exact) mass is 224 g/mol. The van der Waals surface area contributed by atoms with Crippen molar-refractivity contribution in [1.29, 1.82) is 0 Å². The third kappa shape index (κ3) is 4.37. The predicted molar refractivity (Wildman–Crippen MR) is 67.6 cm³/mol. The molecule has 1 heterocycles. The first-order chi connectivity index (χ1) is 7.77. The van der Waals surface area contributed by atoms with Gasteiger partial charge in [0.05, 0.1) is 6.61 Å². The summed E-state index contributed by atoms with van der Waals surface area (Å²) in [5.41, 5.74) is 1.35. The molecule has 3 nitrogen and oxygen atoms in total. The average Bonchev–Trinajstić information content (AvgIpc) is 2.75. The minimum Gasteiger partial charge on any atom is -0.380 e. The van der Waals surface area contributed by atoms with Gasteiger partial charge in [-0.1, -0.05) is 6.92 Å². The van der Waals surface area contributed by atoms with E-state index >= 15 is 0 Å². The molecular weight excluding hydrogens is 200 g/mol. The number of aromatic nitrogens is 1. The highest BCUT2D eigenvalue weighted by Gasteiger charge is 2.05. The highest BCUT2D eigenvalue weighted by molar-refractivity contribution is 5.14. The van der Waals surface area contributed by atoms with Gasteiger partial charge in [-0.15, -0.1) is 0 Å². The van der Waals surface area contributed by atoms with Gasteiger partial charge in [-0.05, 0) is 38.4 Å². The quantitative estimate of drug-likeness (QED) is 0.687. The van der Waals surface area contributed by atoms with Gasteiger partial charge in [0.2, 0.25) is 0 Å². The van der Waals surface area contributed by atoms with E-state index in [0.717, 1.165) is 26.3 Å². The number of nitrogens with zero attached hydrogens (tertiary/aromatic N) is 1. The van der Waals surface area contributed by atoms with E-state index in [0.29, 0.717) is 6.04 Å². The largest absolute Gasteiger partial charge is 0.380 e. The number of rotatable bonds is 8. The van der Waals surface area contributed by atoms with Gasteiger partial charge in [-0.3, -0.25) is 0 Å². The molecule has 0 aromatic carbocycles. The molecule has 1 aromatic heterocycles. The van der Waals surface area contributed by atoms with Crippen LogP contribution >= 0.6 is 0 Å². The minimum atomic E-state index is 0.438. The van der Waals surface area contributed by atoms with Gasteiger partial charge in [0, 0.05) is 31.6 Å².